The molecule has 0 saturated carbocycles. The molecule has 0 aliphatic heterocycles. The van der Waals surface area contributed by atoms with Crippen LogP contribution in [-0.2, 0) is 20.4 Å². The molecule has 3 rings (SSSR count). The topological polar surface area (TPSA) is 87.7 Å². The molecule has 6 nitrogen and oxygen atoms in total. The molecule has 0 aromatic heterocycles. The first-order valence-electron chi connectivity index (χ1n) is 13.9. The van der Waals surface area contributed by atoms with Crippen LogP contribution >= 0.6 is 12.2 Å². The van der Waals surface area contributed by atoms with E-state index in [1.807, 2.05) is 85.8 Å². The van der Waals surface area contributed by atoms with Gasteiger partial charge in [-0.3, -0.25) is 9.59 Å². The van der Waals surface area contributed by atoms with Crippen LogP contribution in [-0.4, -0.2) is 35.2 Å². The van der Waals surface area contributed by atoms with Crippen molar-refractivity contribution in [3.63, 3.8) is 0 Å². The van der Waals surface area contributed by atoms with Crippen molar-refractivity contribution in [2.75, 3.05) is 13.1 Å². The van der Waals surface area contributed by atoms with E-state index in [0.29, 0.717) is 36.8 Å². The number of benzene rings is 3. The van der Waals surface area contributed by atoms with E-state index in [1.54, 1.807) is 19.1 Å². The molecule has 7 heteroatoms. The fourth-order valence-corrected chi connectivity index (χ4v) is 4.94. The number of carbonyl (C=O) groups is 2. The van der Waals surface area contributed by atoms with Gasteiger partial charge in [0.15, 0.2) is 5.11 Å². The van der Waals surface area contributed by atoms with Gasteiger partial charge in [-0.2, -0.15) is 0 Å². The zero-order valence-corrected chi connectivity index (χ0v) is 24.2. The highest BCUT2D eigenvalue weighted by atomic mass is 32.1. The monoisotopic (exact) mass is 560 g/mol. The first-order valence-corrected chi connectivity index (χ1v) is 14.3. The van der Waals surface area contributed by atoms with Gasteiger partial charge in [0.1, 0.15) is 5.75 Å². The molecule has 2 atom stereocenters. The van der Waals surface area contributed by atoms with Gasteiger partial charge in [0.2, 0.25) is 0 Å². The molecule has 212 valence electrons. The quantitative estimate of drug-likeness (QED) is 0.0858. The van der Waals surface area contributed by atoms with Crippen molar-refractivity contribution in [2.24, 2.45) is 0 Å². The molecule has 0 aliphatic rings. The summed E-state index contributed by atoms with van der Waals surface area (Å²) in [6.45, 7) is 5.10. The maximum absolute atomic E-state index is 13.3. The van der Waals surface area contributed by atoms with Crippen LogP contribution in [0, 0.1) is 0 Å². The Labute approximate surface area is 243 Å². The third-order valence-corrected chi connectivity index (χ3v) is 7.77. The lowest BCUT2D eigenvalue weighted by Gasteiger charge is -2.28. The van der Waals surface area contributed by atoms with Gasteiger partial charge in [-0.1, -0.05) is 91.7 Å². The minimum absolute atomic E-state index is 0.263. The molecule has 0 aliphatic carbocycles. The second-order valence-electron chi connectivity index (χ2n) is 10.5. The van der Waals surface area contributed by atoms with Gasteiger partial charge in [-0.25, -0.2) is 0 Å². The van der Waals surface area contributed by atoms with Gasteiger partial charge in [0.05, 0.1) is 10.8 Å². The number of hydrogen-bond acceptors (Lipinski definition) is 4. The van der Waals surface area contributed by atoms with Crippen molar-refractivity contribution in [1.82, 2.24) is 10.6 Å². The summed E-state index contributed by atoms with van der Waals surface area (Å²) < 4.78 is 5.73. The Balaban J connectivity index is 1.39. The number of aliphatic carboxylic acids is 1. The van der Waals surface area contributed by atoms with Crippen LogP contribution in [0.15, 0.2) is 91.0 Å². The molecule has 0 radical (unpaired) electrons. The van der Waals surface area contributed by atoms with Gasteiger partial charge in [0, 0.05) is 13.1 Å². The summed E-state index contributed by atoms with van der Waals surface area (Å²) in [7, 11) is 0. The Kier molecular flexibility index (Phi) is 11.7. The predicted molar refractivity (Wildman–Crippen MR) is 164 cm³/mol. The molecule has 0 amide bonds. The Bertz CT molecular complexity index is 1220. The standard InChI is InChI=1S/C33H40N2O4S/c1-32(29(36)37,26-16-6-3-7-17-26)22-12-14-24-34-31(40)35-25-15-13-23-33(2,27-18-8-4-9-19-27)30(38)39-28-20-10-5-11-21-28/h3-11,16-21H,12-15,22-25H2,1-2H3,(H,36,37)(H2,34,35,40). The van der Waals surface area contributed by atoms with Crippen LogP contribution in [0.1, 0.15) is 63.5 Å². The summed E-state index contributed by atoms with van der Waals surface area (Å²) in [5.74, 6) is -0.526. The number of thiocarbonyl (C=S) groups is 1. The number of nitrogens with one attached hydrogen (secondary N) is 2. The molecule has 40 heavy (non-hydrogen) atoms. The summed E-state index contributed by atoms with van der Waals surface area (Å²) >= 11 is 5.42. The van der Waals surface area contributed by atoms with Crippen molar-refractivity contribution in [3.8, 4) is 5.75 Å². The molecular weight excluding hydrogens is 520 g/mol. The Morgan fingerprint density at radius 1 is 0.700 bits per heavy atom. The van der Waals surface area contributed by atoms with Crippen molar-refractivity contribution >= 4 is 29.3 Å². The largest absolute Gasteiger partial charge is 0.481 e. The second kappa shape index (κ2) is 15.2. The zero-order chi connectivity index (χ0) is 28.8. The van der Waals surface area contributed by atoms with Crippen molar-refractivity contribution in [3.05, 3.63) is 102 Å². The van der Waals surface area contributed by atoms with E-state index in [4.69, 9.17) is 17.0 Å². The number of hydrogen-bond donors (Lipinski definition) is 3. The summed E-state index contributed by atoms with van der Waals surface area (Å²) in [6.07, 6.45) is 4.45. The highest BCUT2D eigenvalue weighted by molar-refractivity contribution is 7.80. The molecule has 0 fully saturated rings. The number of carbonyl (C=O) groups excluding carboxylic acids is 1. The lowest BCUT2D eigenvalue weighted by Crippen LogP contribution is -2.38. The lowest BCUT2D eigenvalue weighted by atomic mass is 9.78. The van der Waals surface area contributed by atoms with E-state index in [9.17, 15) is 14.7 Å². The Morgan fingerprint density at radius 3 is 1.60 bits per heavy atom. The maximum atomic E-state index is 13.3. The Hall–Kier alpha value is -3.71. The van der Waals surface area contributed by atoms with Gasteiger partial charge in [-0.05, 0) is 75.0 Å². The van der Waals surface area contributed by atoms with Gasteiger partial charge < -0.3 is 20.5 Å². The number of unbranched alkanes of at least 4 members (excludes halogenated alkanes) is 2. The molecule has 0 heterocycles. The normalized spacial score (nSPS) is 13.8. The van der Waals surface area contributed by atoms with Gasteiger partial charge in [0.25, 0.3) is 0 Å². The zero-order valence-electron chi connectivity index (χ0n) is 23.4. The summed E-state index contributed by atoms with van der Waals surface area (Å²) in [6, 6.07) is 28.3. The summed E-state index contributed by atoms with van der Waals surface area (Å²) in [5, 5.41) is 16.8. The molecule has 0 bridgehead atoms. The summed E-state index contributed by atoms with van der Waals surface area (Å²) in [5.41, 5.74) is 0.0960. The fraction of sp³-hybridized carbons (Fsp3) is 0.364. The SMILES string of the molecule is CC(CCCCNC(=S)NCCCCC(C)(C(=O)Oc1ccccc1)c1ccccc1)(C(=O)O)c1ccccc1. The molecule has 0 saturated heterocycles. The highest BCUT2D eigenvalue weighted by Gasteiger charge is 2.37. The smallest absolute Gasteiger partial charge is 0.321 e. The minimum Gasteiger partial charge on any atom is -0.481 e. The van der Waals surface area contributed by atoms with Crippen molar-refractivity contribution < 1.29 is 19.4 Å². The van der Waals surface area contributed by atoms with Crippen LogP contribution in [0.4, 0.5) is 0 Å². The van der Waals surface area contributed by atoms with Crippen molar-refractivity contribution in [2.45, 2.75) is 63.2 Å². The van der Waals surface area contributed by atoms with E-state index in [1.165, 1.54) is 0 Å². The predicted octanol–water partition coefficient (Wildman–Crippen LogP) is 6.40. The van der Waals surface area contributed by atoms with E-state index < -0.39 is 16.8 Å². The molecule has 2 unspecified atom stereocenters. The number of esters is 1. The second-order valence-corrected chi connectivity index (χ2v) is 10.9. The average Bonchev–Trinajstić information content (AvgIpc) is 2.97. The molecular formula is C33H40N2O4S. The molecule has 3 N–H and O–H groups in total. The van der Waals surface area contributed by atoms with Gasteiger partial charge >= 0.3 is 11.9 Å². The number of ether oxygens (including phenoxy) is 1. The first kappa shape index (κ1) is 30.8. The van der Waals surface area contributed by atoms with E-state index in [-0.39, 0.29) is 5.97 Å². The number of carboxylic acids is 1. The van der Waals surface area contributed by atoms with Crippen LogP contribution in [0.25, 0.3) is 0 Å². The minimum atomic E-state index is -0.901. The third kappa shape index (κ3) is 8.65. The number of carboxylic acid groups (broad SMARTS) is 1. The van der Waals surface area contributed by atoms with Crippen LogP contribution in [0.3, 0.4) is 0 Å². The maximum Gasteiger partial charge on any atom is 0.321 e. The molecule has 0 spiro atoms. The van der Waals surface area contributed by atoms with E-state index in [2.05, 4.69) is 10.6 Å². The summed E-state index contributed by atoms with van der Waals surface area (Å²) in [4.78, 5) is 25.2. The molecule has 3 aromatic rings. The number of para-hydroxylation sites is 1. The lowest BCUT2D eigenvalue weighted by molar-refractivity contribution is -0.143. The van der Waals surface area contributed by atoms with Crippen LogP contribution in [0.5, 0.6) is 5.75 Å². The Morgan fingerprint density at radius 2 is 1.12 bits per heavy atom. The third-order valence-electron chi connectivity index (χ3n) is 7.48. The average molecular weight is 561 g/mol. The van der Waals surface area contributed by atoms with Gasteiger partial charge in [-0.15, -0.1) is 0 Å². The fourth-order valence-electron chi connectivity index (χ4n) is 4.73. The van der Waals surface area contributed by atoms with Crippen LogP contribution < -0.4 is 15.4 Å². The molecule has 3 aromatic carbocycles. The van der Waals surface area contributed by atoms with E-state index in [0.717, 1.165) is 36.8 Å². The van der Waals surface area contributed by atoms with E-state index >= 15 is 0 Å². The van der Waals surface area contributed by atoms with Crippen molar-refractivity contribution in [1.29, 1.82) is 0 Å². The first-order chi connectivity index (χ1) is 19.3. The van der Waals surface area contributed by atoms with Crippen LogP contribution in [0.2, 0.25) is 0 Å². The highest BCUT2D eigenvalue weighted by Crippen LogP contribution is 2.32. The number of rotatable bonds is 15.